The van der Waals surface area contributed by atoms with Gasteiger partial charge < -0.3 is 24.1 Å². The number of carbonyl (C=O) groups excluding carboxylic acids is 1. The van der Waals surface area contributed by atoms with Gasteiger partial charge in [-0.05, 0) is 35.4 Å². The van der Waals surface area contributed by atoms with Gasteiger partial charge in [-0.1, -0.05) is 24.3 Å². The molecule has 1 aliphatic heterocycles. The lowest BCUT2D eigenvalue weighted by Gasteiger charge is -2.26. The van der Waals surface area contributed by atoms with Crippen molar-refractivity contribution in [3.63, 3.8) is 0 Å². The number of aromatic hydroxyl groups is 2. The van der Waals surface area contributed by atoms with E-state index in [0.717, 1.165) is 0 Å². The molecule has 4 aromatic rings. The Morgan fingerprint density at radius 1 is 1.03 bits per heavy atom. The van der Waals surface area contributed by atoms with Gasteiger partial charge in [0.25, 0.3) is 0 Å². The van der Waals surface area contributed by atoms with Gasteiger partial charge in [-0.3, -0.25) is 9.59 Å². The Morgan fingerprint density at radius 3 is 2.53 bits per heavy atom. The van der Waals surface area contributed by atoms with Gasteiger partial charge in [0.05, 0.1) is 19.1 Å². The van der Waals surface area contributed by atoms with Crippen molar-refractivity contribution in [1.82, 2.24) is 0 Å². The standard InChI is InChI=1S/C25H18O7/c1-30-16-7-5-13(6-8-16)18-12-31-25-22-17(14-3-2-4-15(26)9-14)10-21(28)32-20(22)11-19(27)23(25)24(18)29/h2-9,11-12,17,26-27H,10H2,1H3/t17-/m0/s1. The molecular formula is C25H18O7. The van der Waals surface area contributed by atoms with Crippen LogP contribution in [-0.4, -0.2) is 23.3 Å². The number of carbonyl (C=O) groups is 1. The fourth-order valence-corrected chi connectivity index (χ4v) is 4.13. The van der Waals surface area contributed by atoms with E-state index < -0.39 is 17.3 Å². The zero-order chi connectivity index (χ0) is 22.4. The lowest BCUT2D eigenvalue weighted by Crippen LogP contribution is -2.22. The van der Waals surface area contributed by atoms with Crippen molar-refractivity contribution in [2.24, 2.45) is 0 Å². The zero-order valence-corrected chi connectivity index (χ0v) is 17.0. The highest BCUT2D eigenvalue weighted by Gasteiger charge is 2.33. The van der Waals surface area contributed by atoms with Gasteiger partial charge >= 0.3 is 5.97 Å². The summed E-state index contributed by atoms with van der Waals surface area (Å²) in [5.41, 5.74) is 1.75. The van der Waals surface area contributed by atoms with Gasteiger partial charge in [-0.2, -0.15) is 0 Å². The number of rotatable bonds is 3. The molecule has 1 aliphatic rings. The largest absolute Gasteiger partial charge is 0.508 e. The summed E-state index contributed by atoms with van der Waals surface area (Å²) in [5, 5.41) is 20.6. The van der Waals surface area contributed by atoms with Gasteiger partial charge in [0.2, 0.25) is 5.43 Å². The SMILES string of the molecule is COc1ccc(-c2coc3c4c(cc(O)c3c2=O)OC(=O)C[C@H]4c2cccc(O)c2)cc1. The highest BCUT2D eigenvalue weighted by atomic mass is 16.5. The second-order valence-electron chi connectivity index (χ2n) is 7.54. The molecular weight excluding hydrogens is 412 g/mol. The fourth-order valence-electron chi connectivity index (χ4n) is 4.13. The van der Waals surface area contributed by atoms with Gasteiger partial charge in [0.15, 0.2) is 0 Å². The summed E-state index contributed by atoms with van der Waals surface area (Å²) in [4.78, 5) is 25.6. The van der Waals surface area contributed by atoms with Crippen LogP contribution < -0.4 is 14.9 Å². The average molecular weight is 430 g/mol. The Kier molecular flexibility index (Phi) is 4.59. The Labute approximate surface area is 182 Å². The zero-order valence-electron chi connectivity index (χ0n) is 17.0. The van der Waals surface area contributed by atoms with Crippen molar-refractivity contribution in [3.05, 3.63) is 82.2 Å². The Balaban J connectivity index is 1.75. The molecule has 160 valence electrons. The number of esters is 1. The molecule has 32 heavy (non-hydrogen) atoms. The third kappa shape index (κ3) is 3.15. The normalized spacial score (nSPS) is 15.3. The number of fused-ring (bicyclic) bond motifs is 3. The van der Waals surface area contributed by atoms with Crippen molar-refractivity contribution in [3.8, 4) is 34.1 Å². The van der Waals surface area contributed by atoms with Crippen molar-refractivity contribution in [2.45, 2.75) is 12.3 Å². The highest BCUT2D eigenvalue weighted by Crippen LogP contribution is 2.46. The average Bonchev–Trinajstić information content (AvgIpc) is 2.78. The lowest BCUT2D eigenvalue weighted by atomic mass is 9.85. The molecule has 0 radical (unpaired) electrons. The van der Waals surface area contributed by atoms with E-state index in [1.165, 1.54) is 18.4 Å². The first kappa shape index (κ1) is 19.7. The first-order valence-electron chi connectivity index (χ1n) is 9.91. The van der Waals surface area contributed by atoms with Crippen molar-refractivity contribution >= 4 is 16.9 Å². The van der Waals surface area contributed by atoms with Crippen LogP contribution in [0.15, 0.2) is 70.1 Å². The van der Waals surface area contributed by atoms with Crippen LogP contribution in [0.3, 0.4) is 0 Å². The monoisotopic (exact) mass is 430 g/mol. The first-order chi connectivity index (χ1) is 15.5. The molecule has 3 aromatic carbocycles. The predicted octanol–water partition coefficient (Wildman–Crippen LogP) is 4.32. The summed E-state index contributed by atoms with van der Waals surface area (Å²) >= 11 is 0. The van der Waals surface area contributed by atoms with E-state index in [9.17, 15) is 19.8 Å². The third-order valence-corrected chi connectivity index (χ3v) is 5.64. The van der Waals surface area contributed by atoms with Crippen LogP contribution in [-0.2, 0) is 4.79 Å². The van der Waals surface area contributed by atoms with Gasteiger partial charge in [0.1, 0.15) is 40.2 Å². The second-order valence-corrected chi connectivity index (χ2v) is 7.54. The van der Waals surface area contributed by atoms with Crippen LogP contribution in [0.2, 0.25) is 0 Å². The summed E-state index contributed by atoms with van der Waals surface area (Å²) in [6, 6.07) is 14.7. The van der Waals surface area contributed by atoms with E-state index in [0.29, 0.717) is 22.4 Å². The van der Waals surface area contributed by atoms with E-state index in [2.05, 4.69) is 0 Å². The molecule has 0 amide bonds. The van der Waals surface area contributed by atoms with Crippen molar-refractivity contribution in [2.75, 3.05) is 7.11 Å². The maximum Gasteiger partial charge on any atom is 0.312 e. The molecule has 0 bridgehead atoms. The van der Waals surface area contributed by atoms with Crippen LogP contribution >= 0.6 is 0 Å². The first-order valence-corrected chi connectivity index (χ1v) is 9.91. The summed E-state index contributed by atoms with van der Waals surface area (Å²) in [6.07, 6.45) is 1.34. The van der Waals surface area contributed by atoms with E-state index in [-0.39, 0.29) is 40.2 Å². The van der Waals surface area contributed by atoms with Crippen LogP contribution in [0.4, 0.5) is 0 Å². The maximum absolute atomic E-state index is 13.4. The summed E-state index contributed by atoms with van der Waals surface area (Å²) < 4.78 is 16.4. The molecule has 2 N–H and O–H groups in total. The Hall–Kier alpha value is -4.26. The summed E-state index contributed by atoms with van der Waals surface area (Å²) in [5.74, 6) is -0.522. The topological polar surface area (TPSA) is 106 Å². The minimum Gasteiger partial charge on any atom is -0.508 e. The van der Waals surface area contributed by atoms with Crippen LogP contribution in [0.25, 0.3) is 22.1 Å². The summed E-state index contributed by atoms with van der Waals surface area (Å²) in [6.45, 7) is 0. The third-order valence-electron chi connectivity index (χ3n) is 5.64. The molecule has 0 unspecified atom stereocenters. The van der Waals surface area contributed by atoms with Crippen molar-refractivity contribution < 1.29 is 28.9 Å². The molecule has 0 spiro atoms. The van der Waals surface area contributed by atoms with Crippen molar-refractivity contribution in [1.29, 1.82) is 0 Å². The highest BCUT2D eigenvalue weighted by molar-refractivity contribution is 5.94. The molecule has 0 aliphatic carbocycles. The maximum atomic E-state index is 13.4. The summed E-state index contributed by atoms with van der Waals surface area (Å²) in [7, 11) is 1.55. The van der Waals surface area contributed by atoms with Crippen LogP contribution in [0.5, 0.6) is 23.0 Å². The molecule has 0 saturated heterocycles. The Bertz CT molecular complexity index is 1420. The number of phenols is 2. The fraction of sp³-hybridized carbons (Fsp3) is 0.120. The van der Waals surface area contributed by atoms with E-state index in [4.69, 9.17) is 13.9 Å². The molecule has 0 saturated carbocycles. The Morgan fingerprint density at radius 2 is 1.81 bits per heavy atom. The minimum atomic E-state index is -0.517. The molecule has 7 heteroatoms. The molecule has 1 atom stereocenters. The van der Waals surface area contributed by atoms with Crippen LogP contribution in [0.1, 0.15) is 23.5 Å². The molecule has 0 fully saturated rings. The number of methoxy groups -OCH3 is 1. The smallest absolute Gasteiger partial charge is 0.312 e. The number of benzene rings is 3. The number of hydrogen-bond donors (Lipinski definition) is 2. The molecule has 7 nitrogen and oxygen atoms in total. The van der Waals surface area contributed by atoms with Crippen LogP contribution in [0, 0.1) is 0 Å². The van der Waals surface area contributed by atoms with E-state index in [1.54, 1.807) is 49.6 Å². The quantitative estimate of drug-likeness (QED) is 0.368. The molecule has 5 rings (SSSR count). The van der Waals surface area contributed by atoms with E-state index >= 15 is 0 Å². The van der Waals surface area contributed by atoms with E-state index in [1.807, 2.05) is 0 Å². The molecule has 2 heterocycles. The number of hydrogen-bond acceptors (Lipinski definition) is 7. The molecule has 1 aromatic heterocycles. The lowest BCUT2D eigenvalue weighted by molar-refractivity contribution is -0.135. The van der Waals surface area contributed by atoms with Gasteiger partial charge in [0, 0.05) is 17.5 Å². The van der Waals surface area contributed by atoms with Gasteiger partial charge in [-0.15, -0.1) is 0 Å². The second kappa shape index (κ2) is 7.46. The predicted molar refractivity (Wildman–Crippen MR) is 116 cm³/mol. The van der Waals surface area contributed by atoms with Gasteiger partial charge in [-0.25, -0.2) is 0 Å². The number of ether oxygens (including phenoxy) is 2. The number of phenolic OH excluding ortho intramolecular Hbond substituents is 2. The minimum absolute atomic E-state index is 0.000157.